The lowest BCUT2D eigenvalue weighted by Gasteiger charge is -2.27. The largest absolute Gasteiger partial charge is 0.295 e. The quantitative estimate of drug-likeness (QED) is 0.581. The number of anilines is 1. The lowest BCUT2D eigenvalue weighted by atomic mass is 9.85. The summed E-state index contributed by atoms with van der Waals surface area (Å²) in [5, 5.41) is 0. The van der Waals surface area contributed by atoms with Crippen LogP contribution in [0.4, 0.5) is 5.69 Å². The van der Waals surface area contributed by atoms with Gasteiger partial charge >= 0.3 is 0 Å². The third-order valence-corrected chi connectivity index (χ3v) is 6.71. The van der Waals surface area contributed by atoms with Crippen LogP contribution >= 0.6 is 0 Å². The molecule has 2 aromatic rings. The van der Waals surface area contributed by atoms with Crippen LogP contribution in [0.2, 0.25) is 0 Å². The summed E-state index contributed by atoms with van der Waals surface area (Å²) < 4.78 is 0. The molecule has 3 aliphatic rings. The van der Waals surface area contributed by atoms with Crippen molar-refractivity contribution in [1.29, 1.82) is 0 Å². The van der Waals surface area contributed by atoms with Gasteiger partial charge in [0.05, 0.1) is 23.6 Å². The maximum atomic E-state index is 13.5. The Bertz CT molecular complexity index is 1050. The van der Waals surface area contributed by atoms with Crippen LogP contribution in [-0.2, 0) is 9.59 Å². The number of Topliss-reactive ketones (excluding diaryl/α,β-unsaturated/α-hetero) is 2. The number of amides is 2. The molecule has 0 aromatic heterocycles. The second-order valence-electron chi connectivity index (χ2n) is 8.29. The summed E-state index contributed by atoms with van der Waals surface area (Å²) in [5.74, 6) is -1.88. The topological polar surface area (TPSA) is 74.8 Å². The molecule has 0 N–H and O–H groups in total. The second kappa shape index (κ2) is 6.99. The molecule has 4 atom stereocenters. The Balaban J connectivity index is 1.52. The van der Waals surface area contributed by atoms with Crippen molar-refractivity contribution in [3.05, 3.63) is 65.7 Å². The first-order valence-corrected chi connectivity index (χ1v) is 10.3. The molecule has 5 rings (SSSR count). The molecule has 3 saturated heterocycles. The average molecular weight is 402 g/mol. The fourth-order valence-electron chi connectivity index (χ4n) is 5.39. The van der Waals surface area contributed by atoms with Crippen molar-refractivity contribution in [3.8, 4) is 0 Å². The van der Waals surface area contributed by atoms with Gasteiger partial charge < -0.3 is 0 Å². The number of carbonyl (C=O) groups excluding carboxylic acids is 4. The zero-order valence-electron chi connectivity index (χ0n) is 16.7. The van der Waals surface area contributed by atoms with E-state index in [1.165, 1.54) is 11.8 Å². The van der Waals surface area contributed by atoms with Crippen LogP contribution in [0.3, 0.4) is 0 Å². The van der Waals surface area contributed by atoms with E-state index in [9.17, 15) is 19.2 Å². The third kappa shape index (κ3) is 2.67. The molecular weight excluding hydrogens is 380 g/mol. The van der Waals surface area contributed by atoms with Crippen LogP contribution in [0.1, 0.15) is 40.5 Å². The van der Waals surface area contributed by atoms with E-state index in [1.807, 2.05) is 18.2 Å². The molecule has 0 aliphatic carbocycles. The fraction of sp³-hybridized carbons (Fsp3) is 0.333. The molecule has 152 valence electrons. The van der Waals surface area contributed by atoms with Gasteiger partial charge in [0.15, 0.2) is 11.6 Å². The Kier molecular flexibility index (Phi) is 4.40. The maximum Gasteiger partial charge on any atom is 0.239 e. The normalized spacial score (nSPS) is 28.0. The van der Waals surface area contributed by atoms with Gasteiger partial charge in [0.25, 0.3) is 0 Å². The van der Waals surface area contributed by atoms with E-state index in [2.05, 4.69) is 4.90 Å². The minimum Gasteiger partial charge on any atom is -0.295 e. The van der Waals surface area contributed by atoms with E-state index in [0.717, 1.165) is 19.4 Å². The van der Waals surface area contributed by atoms with Gasteiger partial charge in [0.1, 0.15) is 0 Å². The Hall–Kier alpha value is -3.12. The van der Waals surface area contributed by atoms with Gasteiger partial charge in [-0.1, -0.05) is 30.3 Å². The summed E-state index contributed by atoms with van der Waals surface area (Å²) in [7, 11) is 0. The Morgan fingerprint density at radius 3 is 2.20 bits per heavy atom. The van der Waals surface area contributed by atoms with Gasteiger partial charge in [0.2, 0.25) is 11.8 Å². The van der Waals surface area contributed by atoms with E-state index < -0.39 is 17.9 Å². The molecule has 0 saturated carbocycles. The number of hydrogen-bond acceptors (Lipinski definition) is 5. The molecule has 0 radical (unpaired) electrons. The summed E-state index contributed by atoms with van der Waals surface area (Å²) in [4.78, 5) is 55.1. The maximum absolute atomic E-state index is 13.5. The molecule has 3 aliphatic heterocycles. The summed E-state index contributed by atoms with van der Waals surface area (Å²) in [6.45, 7) is 2.20. The Morgan fingerprint density at radius 1 is 0.867 bits per heavy atom. The minimum atomic E-state index is -0.664. The highest BCUT2D eigenvalue weighted by Gasteiger charge is 2.64. The van der Waals surface area contributed by atoms with E-state index >= 15 is 0 Å². The Morgan fingerprint density at radius 2 is 1.53 bits per heavy atom. The summed E-state index contributed by atoms with van der Waals surface area (Å²) in [6, 6.07) is 14.8. The summed E-state index contributed by atoms with van der Waals surface area (Å²) in [5.41, 5.74) is 1.55. The molecule has 0 bridgehead atoms. The predicted molar refractivity (Wildman–Crippen MR) is 110 cm³/mol. The number of fused-ring (bicyclic) bond motifs is 3. The van der Waals surface area contributed by atoms with Crippen molar-refractivity contribution in [2.24, 2.45) is 11.8 Å². The van der Waals surface area contributed by atoms with Gasteiger partial charge in [-0.3, -0.25) is 24.1 Å². The highest BCUT2D eigenvalue weighted by molar-refractivity contribution is 6.24. The number of ketones is 2. The molecule has 2 aromatic carbocycles. The number of rotatable bonds is 4. The predicted octanol–water partition coefficient (Wildman–Crippen LogP) is 2.72. The van der Waals surface area contributed by atoms with E-state index in [0.29, 0.717) is 16.8 Å². The molecule has 0 unspecified atom stereocenters. The first-order valence-electron chi connectivity index (χ1n) is 10.3. The summed E-state index contributed by atoms with van der Waals surface area (Å²) in [6.07, 6.45) is 1.73. The van der Waals surface area contributed by atoms with Gasteiger partial charge in [-0.15, -0.1) is 0 Å². The SMILES string of the molecule is CC(=O)c1ccc(N2C(=O)[C@H]3[C@H](C2=O)[C@H](C(=O)c2ccccc2)N2CCC[C@H]32)cc1. The average Bonchev–Trinajstić information content (AvgIpc) is 3.40. The van der Waals surface area contributed by atoms with Crippen molar-refractivity contribution < 1.29 is 19.2 Å². The van der Waals surface area contributed by atoms with Crippen molar-refractivity contribution in [2.75, 3.05) is 11.4 Å². The van der Waals surface area contributed by atoms with Crippen molar-refractivity contribution >= 4 is 29.1 Å². The molecule has 2 amide bonds. The van der Waals surface area contributed by atoms with Crippen LogP contribution < -0.4 is 4.90 Å². The molecule has 0 spiro atoms. The van der Waals surface area contributed by atoms with Gasteiger partial charge in [-0.05, 0) is 50.6 Å². The molecule has 6 nitrogen and oxygen atoms in total. The van der Waals surface area contributed by atoms with Crippen LogP contribution in [-0.4, -0.2) is 46.9 Å². The smallest absolute Gasteiger partial charge is 0.239 e. The van der Waals surface area contributed by atoms with Crippen LogP contribution in [0.5, 0.6) is 0 Å². The first-order chi connectivity index (χ1) is 14.5. The van der Waals surface area contributed by atoms with E-state index in [4.69, 9.17) is 0 Å². The number of carbonyl (C=O) groups is 4. The number of hydrogen-bond donors (Lipinski definition) is 0. The van der Waals surface area contributed by atoms with Crippen molar-refractivity contribution in [3.63, 3.8) is 0 Å². The molecular formula is C24H22N2O4. The summed E-state index contributed by atoms with van der Waals surface area (Å²) >= 11 is 0. The molecule has 30 heavy (non-hydrogen) atoms. The number of imide groups is 1. The third-order valence-electron chi connectivity index (χ3n) is 6.71. The standard InChI is InChI=1S/C24H22N2O4/c1-14(27)15-9-11-17(12-10-15)26-23(29)19-18-8-5-13-25(18)21(20(19)24(26)30)22(28)16-6-3-2-4-7-16/h2-4,6-7,9-12,18-21H,5,8,13H2,1H3/t18-,19-,20+,21-/m1/s1. The highest BCUT2D eigenvalue weighted by Crippen LogP contribution is 2.48. The molecule has 3 fully saturated rings. The van der Waals surface area contributed by atoms with Crippen LogP contribution in [0.25, 0.3) is 0 Å². The zero-order chi connectivity index (χ0) is 21.0. The first kappa shape index (κ1) is 18.9. The lowest BCUT2D eigenvalue weighted by molar-refractivity contribution is -0.123. The monoisotopic (exact) mass is 402 g/mol. The zero-order valence-corrected chi connectivity index (χ0v) is 16.7. The van der Waals surface area contributed by atoms with Crippen LogP contribution in [0.15, 0.2) is 54.6 Å². The highest BCUT2D eigenvalue weighted by atomic mass is 16.2. The van der Waals surface area contributed by atoms with Gasteiger partial charge in [-0.2, -0.15) is 0 Å². The molecule has 3 heterocycles. The lowest BCUT2D eigenvalue weighted by Crippen LogP contribution is -2.46. The minimum absolute atomic E-state index is 0.0763. The van der Waals surface area contributed by atoms with Gasteiger partial charge in [0, 0.05) is 17.2 Å². The van der Waals surface area contributed by atoms with E-state index in [-0.39, 0.29) is 29.4 Å². The number of nitrogens with zero attached hydrogens (tertiary/aromatic N) is 2. The Labute approximate surface area is 174 Å². The number of benzene rings is 2. The second-order valence-corrected chi connectivity index (χ2v) is 8.29. The van der Waals surface area contributed by atoms with Crippen molar-refractivity contribution in [1.82, 2.24) is 4.90 Å². The van der Waals surface area contributed by atoms with Gasteiger partial charge in [-0.25, -0.2) is 4.90 Å². The molecule has 6 heteroatoms. The van der Waals surface area contributed by atoms with Crippen LogP contribution in [0, 0.1) is 11.8 Å². The fourth-order valence-corrected chi connectivity index (χ4v) is 5.39. The van der Waals surface area contributed by atoms with E-state index in [1.54, 1.807) is 36.4 Å². The van der Waals surface area contributed by atoms with Crippen molar-refractivity contribution in [2.45, 2.75) is 31.8 Å².